The fourth-order valence-corrected chi connectivity index (χ4v) is 6.75. The molecular weight excluding hydrogens is 512 g/mol. The highest BCUT2D eigenvalue weighted by molar-refractivity contribution is 7.92. The van der Waals surface area contributed by atoms with E-state index in [1.807, 2.05) is 0 Å². The van der Waals surface area contributed by atoms with Crippen molar-refractivity contribution in [3.8, 4) is 6.07 Å². The Hall–Kier alpha value is -3.03. The number of nitrogens with zero attached hydrogens (tertiary/aromatic N) is 2. The first-order valence-electron chi connectivity index (χ1n) is 11.5. The van der Waals surface area contributed by atoms with Crippen molar-refractivity contribution in [3.05, 3.63) is 64.7 Å². The van der Waals surface area contributed by atoms with Gasteiger partial charge in [0.25, 0.3) is 0 Å². The Balaban J connectivity index is 1.48. The number of carbonyl (C=O) groups is 2. The molecule has 2 saturated carbocycles. The van der Waals surface area contributed by atoms with E-state index in [1.54, 1.807) is 24.3 Å². The van der Waals surface area contributed by atoms with E-state index in [2.05, 4.69) is 11.4 Å². The topological polar surface area (TPSA) is 107 Å². The molecular formula is C25H22ClF2N3O4S. The van der Waals surface area contributed by atoms with Crippen molar-refractivity contribution in [2.75, 3.05) is 6.54 Å². The number of amides is 2. The number of nitriles is 1. The lowest BCUT2D eigenvalue weighted by molar-refractivity contribution is -0.140. The molecule has 2 aromatic carbocycles. The summed E-state index contributed by atoms with van der Waals surface area (Å²) in [7, 11) is -4.35. The van der Waals surface area contributed by atoms with E-state index in [0.29, 0.717) is 42.3 Å². The largest absolute Gasteiger partial charge is 0.336 e. The number of carbonyl (C=O) groups excluding carboxylic acids is 2. The van der Waals surface area contributed by atoms with E-state index in [1.165, 1.54) is 4.90 Å². The molecule has 7 nitrogen and oxygen atoms in total. The van der Waals surface area contributed by atoms with Gasteiger partial charge in [0.2, 0.25) is 11.8 Å². The summed E-state index contributed by atoms with van der Waals surface area (Å²) in [6.45, 7) is -0.328. The van der Waals surface area contributed by atoms with Gasteiger partial charge >= 0.3 is 0 Å². The van der Waals surface area contributed by atoms with Crippen LogP contribution in [0.25, 0.3) is 0 Å². The standard InChI is InChI=1S/C25H22ClF2N3O4S/c26-16-3-1-15(2-4-16)25(9-10-25)23(33)31-13-18(12-20(31)22(32)30-24(14-29)7-8-24)36(34,35)21-6-5-17(27)11-19(21)28/h1-6,11,18,20H,7-10,12-13H2,(H,30,32)/t18-,20+/m1/s1. The Morgan fingerprint density at radius 2 is 1.75 bits per heavy atom. The van der Waals surface area contributed by atoms with Crippen LogP contribution in [0.5, 0.6) is 0 Å². The SMILES string of the molecule is N#CC1(NC(=O)[C@@H]2C[C@@H](S(=O)(=O)c3ccc(F)cc3F)CN2C(=O)C2(c3ccc(Cl)cc3)CC2)CC1. The Morgan fingerprint density at radius 1 is 1.08 bits per heavy atom. The van der Waals surface area contributed by atoms with Crippen LogP contribution in [0.15, 0.2) is 47.4 Å². The minimum atomic E-state index is -4.35. The number of halogens is 3. The Labute approximate surface area is 212 Å². The molecule has 3 fully saturated rings. The van der Waals surface area contributed by atoms with Gasteiger partial charge in [0.1, 0.15) is 28.1 Å². The highest BCUT2D eigenvalue weighted by atomic mass is 35.5. The third kappa shape index (κ3) is 4.14. The molecule has 0 unspecified atom stereocenters. The molecule has 188 valence electrons. The summed E-state index contributed by atoms with van der Waals surface area (Å²) >= 11 is 5.99. The second-order valence-electron chi connectivity index (χ2n) is 9.72. The van der Waals surface area contributed by atoms with Crippen LogP contribution < -0.4 is 5.32 Å². The van der Waals surface area contributed by atoms with Crippen molar-refractivity contribution in [1.29, 1.82) is 5.26 Å². The number of benzene rings is 2. The van der Waals surface area contributed by atoms with Crippen LogP contribution in [0, 0.1) is 23.0 Å². The average Bonchev–Trinajstić information content (AvgIpc) is 3.75. The smallest absolute Gasteiger partial charge is 0.244 e. The number of likely N-dealkylation sites (tertiary alicyclic amines) is 1. The minimum absolute atomic E-state index is 0.269. The number of sulfone groups is 1. The first-order valence-corrected chi connectivity index (χ1v) is 13.4. The first kappa shape index (κ1) is 24.7. The monoisotopic (exact) mass is 533 g/mol. The van der Waals surface area contributed by atoms with Gasteiger partial charge < -0.3 is 10.2 Å². The Kier molecular flexibility index (Phi) is 5.84. The fraction of sp³-hybridized carbons (Fsp3) is 0.400. The Bertz CT molecular complexity index is 1400. The Morgan fingerprint density at radius 3 is 2.31 bits per heavy atom. The second-order valence-corrected chi connectivity index (χ2v) is 12.4. The van der Waals surface area contributed by atoms with Gasteiger partial charge in [-0.05, 0) is 61.9 Å². The van der Waals surface area contributed by atoms with Gasteiger partial charge in [0.05, 0.1) is 16.7 Å². The molecule has 0 radical (unpaired) electrons. The third-order valence-electron chi connectivity index (χ3n) is 7.35. The molecule has 2 atom stereocenters. The first-order chi connectivity index (χ1) is 17.0. The van der Waals surface area contributed by atoms with E-state index >= 15 is 0 Å². The second kappa shape index (κ2) is 8.53. The van der Waals surface area contributed by atoms with Crippen molar-refractivity contribution < 1.29 is 26.8 Å². The van der Waals surface area contributed by atoms with Crippen LogP contribution in [0.1, 0.15) is 37.7 Å². The predicted molar refractivity (Wildman–Crippen MR) is 126 cm³/mol. The van der Waals surface area contributed by atoms with Crippen LogP contribution >= 0.6 is 11.6 Å². The summed E-state index contributed by atoms with van der Waals surface area (Å²) in [5, 5.41) is 11.3. The molecule has 0 aromatic heterocycles. The van der Waals surface area contributed by atoms with Crippen LogP contribution in [0.3, 0.4) is 0 Å². The minimum Gasteiger partial charge on any atom is -0.336 e. The van der Waals surface area contributed by atoms with E-state index in [-0.39, 0.29) is 13.0 Å². The average molecular weight is 534 g/mol. The van der Waals surface area contributed by atoms with Gasteiger partial charge in [0.15, 0.2) is 9.84 Å². The van der Waals surface area contributed by atoms with Gasteiger partial charge in [-0.15, -0.1) is 0 Å². The number of hydrogen-bond acceptors (Lipinski definition) is 5. The lowest BCUT2D eigenvalue weighted by atomic mass is 9.94. The summed E-state index contributed by atoms with van der Waals surface area (Å²) < 4.78 is 54.5. The van der Waals surface area contributed by atoms with Crippen LogP contribution in [0.4, 0.5) is 8.78 Å². The summed E-state index contributed by atoms with van der Waals surface area (Å²) in [6, 6.07) is 9.86. The molecule has 1 heterocycles. The van der Waals surface area contributed by atoms with Crippen molar-refractivity contribution in [1.82, 2.24) is 10.2 Å². The van der Waals surface area contributed by atoms with E-state index in [4.69, 9.17) is 11.6 Å². The van der Waals surface area contributed by atoms with E-state index < -0.39 is 60.4 Å². The maximum Gasteiger partial charge on any atom is 0.244 e. The van der Waals surface area contributed by atoms with E-state index in [0.717, 1.165) is 12.1 Å². The molecule has 2 amide bonds. The lowest BCUT2D eigenvalue weighted by Gasteiger charge is -2.29. The summed E-state index contributed by atoms with van der Waals surface area (Å²) in [5.41, 5.74) is -1.21. The fourth-order valence-electron chi connectivity index (χ4n) is 4.88. The quantitative estimate of drug-likeness (QED) is 0.573. The van der Waals surface area contributed by atoms with Crippen molar-refractivity contribution in [2.45, 2.75) is 59.2 Å². The number of rotatable bonds is 6. The van der Waals surface area contributed by atoms with Crippen molar-refractivity contribution in [2.24, 2.45) is 0 Å². The molecule has 2 aromatic rings. The normalized spacial score (nSPS) is 23.6. The van der Waals surface area contributed by atoms with E-state index in [9.17, 15) is 32.0 Å². The molecule has 1 N–H and O–H groups in total. The summed E-state index contributed by atoms with van der Waals surface area (Å²) in [5.74, 6) is -3.17. The molecule has 11 heteroatoms. The zero-order valence-corrected chi connectivity index (χ0v) is 20.6. The summed E-state index contributed by atoms with van der Waals surface area (Å²) in [6.07, 6.45) is 1.70. The zero-order chi connectivity index (χ0) is 25.9. The predicted octanol–water partition coefficient (Wildman–Crippen LogP) is 3.27. The highest BCUT2D eigenvalue weighted by Crippen LogP contribution is 2.51. The highest BCUT2D eigenvalue weighted by Gasteiger charge is 2.58. The molecule has 3 aliphatic rings. The summed E-state index contributed by atoms with van der Waals surface area (Å²) in [4.78, 5) is 27.6. The van der Waals surface area contributed by atoms with Gasteiger partial charge in [0, 0.05) is 17.6 Å². The molecule has 5 rings (SSSR count). The number of nitrogens with one attached hydrogen (secondary N) is 1. The van der Waals surface area contributed by atoms with Gasteiger partial charge in [-0.25, -0.2) is 17.2 Å². The van der Waals surface area contributed by atoms with Gasteiger partial charge in [-0.2, -0.15) is 5.26 Å². The zero-order valence-electron chi connectivity index (χ0n) is 19.0. The molecule has 2 aliphatic carbocycles. The van der Waals surface area contributed by atoms with Crippen molar-refractivity contribution in [3.63, 3.8) is 0 Å². The third-order valence-corrected chi connectivity index (χ3v) is 9.76. The lowest BCUT2D eigenvalue weighted by Crippen LogP contribution is -2.51. The van der Waals surface area contributed by atoms with Crippen LogP contribution in [-0.4, -0.2) is 48.5 Å². The van der Waals surface area contributed by atoms with Crippen molar-refractivity contribution >= 4 is 33.3 Å². The van der Waals surface area contributed by atoms with Crippen LogP contribution in [0.2, 0.25) is 5.02 Å². The number of hydrogen-bond donors (Lipinski definition) is 1. The van der Waals surface area contributed by atoms with Gasteiger partial charge in [-0.1, -0.05) is 23.7 Å². The van der Waals surface area contributed by atoms with Crippen LogP contribution in [-0.2, 0) is 24.8 Å². The molecule has 0 bridgehead atoms. The molecule has 0 spiro atoms. The maximum atomic E-state index is 14.4. The molecule has 1 saturated heterocycles. The molecule has 1 aliphatic heterocycles. The molecule has 36 heavy (non-hydrogen) atoms. The van der Waals surface area contributed by atoms with Gasteiger partial charge in [-0.3, -0.25) is 9.59 Å². The maximum absolute atomic E-state index is 14.4.